The van der Waals surface area contributed by atoms with Crippen molar-refractivity contribution in [2.45, 2.75) is 6.54 Å². The zero-order chi connectivity index (χ0) is 22.1. The Hall–Kier alpha value is -3.28. The number of hydrogen-bond acceptors (Lipinski definition) is 3. The Kier molecular flexibility index (Phi) is 5.60. The Bertz CT molecular complexity index is 1260. The first kappa shape index (κ1) is 20.6. The summed E-state index contributed by atoms with van der Waals surface area (Å²) in [4.78, 5) is 17.5. The van der Waals surface area contributed by atoms with Crippen LogP contribution in [0.2, 0.25) is 5.02 Å². The predicted molar refractivity (Wildman–Crippen MR) is 128 cm³/mol. The second kappa shape index (κ2) is 8.69. The van der Waals surface area contributed by atoms with E-state index in [9.17, 15) is 9.90 Å². The lowest BCUT2D eigenvalue weighted by molar-refractivity contribution is 0.0628. The maximum absolute atomic E-state index is 13.2. The van der Waals surface area contributed by atoms with Gasteiger partial charge in [0.15, 0.2) is 0 Å². The van der Waals surface area contributed by atoms with Crippen LogP contribution in [-0.2, 0) is 6.54 Å². The van der Waals surface area contributed by atoms with Crippen LogP contribution in [0.25, 0.3) is 16.5 Å². The molecule has 0 unspecified atom stereocenters. The van der Waals surface area contributed by atoms with E-state index in [1.807, 2.05) is 53.6 Å². The maximum atomic E-state index is 13.2. The molecule has 3 aromatic carbocycles. The molecule has 2 heterocycles. The number of fused-ring (bicyclic) bond motifs is 1. The van der Waals surface area contributed by atoms with Crippen molar-refractivity contribution in [2.24, 2.45) is 0 Å². The molecule has 1 aliphatic rings. The Morgan fingerprint density at radius 2 is 1.66 bits per heavy atom. The topological polar surface area (TPSA) is 48.7 Å². The van der Waals surface area contributed by atoms with Crippen molar-refractivity contribution < 1.29 is 9.90 Å². The molecule has 1 aromatic heterocycles. The van der Waals surface area contributed by atoms with Gasteiger partial charge in [0.2, 0.25) is 5.88 Å². The number of piperazine rings is 1. The number of rotatable bonds is 4. The average molecular weight is 446 g/mol. The van der Waals surface area contributed by atoms with Crippen LogP contribution >= 0.6 is 11.6 Å². The van der Waals surface area contributed by atoms with E-state index in [0.717, 1.165) is 30.7 Å². The molecule has 5 rings (SSSR count). The van der Waals surface area contributed by atoms with Gasteiger partial charge in [-0.3, -0.25) is 14.3 Å². The molecule has 1 N–H and O–H groups in total. The van der Waals surface area contributed by atoms with E-state index >= 15 is 0 Å². The van der Waals surface area contributed by atoms with E-state index in [0.29, 0.717) is 29.1 Å². The molecule has 0 spiro atoms. The largest absolute Gasteiger partial charge is 0.494 e. The van der Waals surface area contributed by atoms with E-state index in [4.69, 9.17) is 11.6 Å². The summed E-state index contributed by atoms with van der Waals surface area (Å²) in [5, 5.41) is 12.7. The zero-order valence-corrected chi connectivity index (χ0v) is 18.4. The number of benzene rings is 3. The highest BCUT2D eigenvalue weighted by Crippen LogP contribution is 2.35. The first-order chi connectivity index (χ1) is 15.6. The molecule has 32 heavy (non-hydrogen) atoms. The third kappa shape index (κ3) is 3.97. The van der Waals surface area contributed by atoms with Gasteiger partial charge in [-0.05, 0) is 29.8 Å². The van der Waals surface area contributed by atoms with Crippen LogP contribution in [0.3, 0.4) is 0 Å². The van der Waals surface area contributed by atoms with E-state index in [2.05, 4.69) is 29.2 Å². The first-order valence-electron chi connectivity index (χ1n) is 10.7. The van der Waals surface area contributed by atoms with Gasteiger partial charge in [-0.2, -0.15) is 0 Å². The van der Waals surface area contributed by atoms with Crippen molar-refractivity contribution in [3.63, 3.8) is 0 Å². The van der Waals surface area contributed by atoms with Gasteiger partial charge in [-0.1, -0.05) is 60.1 Å². The summed E-state index contributed by atoms with van der Waals surface area (Å²) in [6, 6.07) is 23.3. The van der Waals surface area contributed by atoms with Crippen LogP contribution in [0.5, 0.6) is 5.88 Å². The third-order valence-electron chi connectivity index (χ3n) is 6.05. The van der Waals surface area contributed by atoms with Crippen molar-refractivity contribution in [1.29, 1.82) is 0 Å². The minimum Gasteiger partial charge on any atom is -0.494 e. The normalized spacial score (nSPS) is 14.7. The Balaban J connectivity index is 1.31. The molecule has 0 saturated carbocycles. The van der Waals surface area contributed by atoms with Gasteiger partial charge in [0, 0.05) is 55.6 Å². The number of hydrogen-bond donors (Lipinski definition) is 1. The number of aromatic hydroxyl groups is 1. The zero-order valence-electron chi connectivity index (χ0n) is 17.6. The molecular weight excluding hydrogens is 422 g/mol. The minimum atomic E-state index is 0.0143. The monoisotopic (exact) mass is 445 g/mol. The van der Waals surface area contributed by atoms with Crippen molar-refractivity contribution in [1.82, 2.24) is 14.4 Å². The molecule has 0 radical (unpaired) electrons. The summed E-state index contributed by atoms with van der Waals surface area (Å²) >= 11 is 6.27. The fraction of sp³-hybridized carbons (Fsp3) is 0.192. The minimum absolute atomic E-state index is 0.0143. The fourth-order valence-corrected chi connectivity index (χ4v) is 4.59. The molecule has 0 atom stereocenters. The Morgan fingerprint density at radius 1 is 0.906 bits per heavy atom. The lowest BCUT2D eigenvalue weighted by Gasteiger charge is -2.34. The van der Waals surface area contributed by atoms with E-state index in [1.54, 1.807) is 10.6 Å². The molecule has 5 nitrogen and oxygen atoms in total. The van der Waals surface area contributed by atoms with Crippen molar-refractivity contribution >= 4 is 28.3 Å². The second-order valence-corrected chi connectivity index (χ2v) is 8.54. The molecular formula is C26H24ClN3O2. The van der Waals surface area contributed by atoms with Crippen molar-refractivity contribution in [3.8, 4) is 11.6 Å². The highest BCUT2D eigenvalue weighted by Gasteiger charge is 2.23. The van der Waals surface area contributed by atoms with E-state index in [-0.39, 0.29) is 11.8 Å². The first-order valence-corrected chi connectivity index (χ1v) is 11.1. The van der Waals surface area contributed by atoms with E-state index in [1.165, 1.54) is 5.56 Å². The number of aromatic nitrogens is 1. The van der Waals surface area contributed by atoms with Gasteiger partial charge in [0.25, 0.3) is 5.91 Å². The van der Waals surface area contributed by atoms with Gasteiger partial charge in [-0.25, -0.2) is 0 Å². The number of carbonyl (C=O) groups is 1. The standard InChI is InChI=1S/C26H24ClN3O2/c27-23-11-5-9-21-18-30(26(32)24(21)23)22-10-4-8-20(16-22)25(31)29-14-12-28(13-15-29)17-19-6-2-1-3-7-19/h1-11,16,18,32H,12-15,17H2. The second-order valence-electron chi connectivity index (χ2n) is 8.13. The van der Waals surface area contributed by atoms with Gasteiger partial charge in [-0.15, -0.1) is 0 Å². The van der Waals surface area contributed by atoms with Gasteiger partial charge in [0.1, 0.15) is 0 Å². The Labute approximate surface area is 192 Å². The smallest absolute Gasteiger partial charge is 0.254 e. The lowest BCUT2D eigenvalue weighted by atomic mass is 10.1. The molecule has 1 amide bonds. The highest BCUT2D eigenvalue weighted by atomic mass is 35.5. The van der Waals surface area contributed by atoms with Crippen LogP contribution in [0.4, 0.5) is 0 Å². The summed E-state index contributed by atoms with van der Waals surface area (Å²) < 4.78 is 1.67. The number of nitrogens with zero attached hydrogens (tertiary/aromatic N) is 3. The fourth-order valence-electron chi connectivity index (χ4n) is 4.32. The van der Waals surface area contributed by atoms with Crippen LogP contribution < -0.4 is 0 Å². The molecule has 4 aromatic rings. The Morgan fingerprint density at radius 3 is 2.41 bits per heavy atom. The molecule has 0 aliphatic carbocycles. The molecule has 1 aliphatic heterocycles. The third-order valence-corrected chi connectivity index (χ3v) is 6.36. The van der Waals surface area contributed by atoms with Crippen LogP contribution in [-0.4, -0.2) is 51.6 Å². The SMILES string of the molecule is O=C(c1cccc(-n2cc3cccc(Cl)c3c2O)c1)N1CCN(Cc2ccccc2)CC1. The molecule has 162 valence electrons. The van der Waals surface area contributed by atoms with Gasteiger partial charge >= 0.3 is 0 Å². The van der Waals surface area contributed by atoms with Crippen LogP contribution in [0.1, 0.15) is 15.9 Å². The maximum Gasteiger partial charge on any atom is 0.254 e. The summed E-state index contributed by atoms with van der Waals surface area (Å²) in [5.74, 6) is 0.0881. The molecule has 1 saturated heterocycles. The summed E-state index contributed by atoms with van der Waals surface area (Å²) in [7, 11) is 0. The summed E-state index contributed by atoms with van der Waals surface area (Å²) in [6.45, 7) is 4.00. The van der Waals surface area contributed by atoms with Crippen molar-refractivity contribution in [3.05, 3.63) is 95.1 Å². The predicted octanol–water partition coefficient (Wildman–Crippen LogP) is 4.95. The molecule has 1 fully saturated rings. The van der Waals surface area contributed by atoms with Crippen LogP contribution in [0, 0.1) is 0 Å². The molecule has 6 heteroatoms. The number of amides is 1. The summed E-state index contributed by atoms with van der Waals surface area (Å²) in [6.07, 6.45) is 1.84. The summed E-state index contributed by atoms with van der Waals surface area (Å²) in [5.41, 5.74) is 2.63. The van der Waals surface area contributed by atoms with Crippen LogP contribution in [0.15, 0.2) is 79.0 Å². The lowest BCUT2D eigenvalue weighted by Crippen LogP contribution is -2.48. The van der Waals surface area contributed by atoms with Gasteiger partial charge < -0.3 is 10.0 Å². The molecule has 0 bridgehead atoms. The van der Waals surface area contributed by atoms with Gasteiger partial charge in [0.05, 0.1) is 10.4 Å². The number of halogens is 1. The van der Waals surface area contributed by atoms with E-state index < -0.39 is 0 Å². The number of carbonyl (C=O) groups excluding carboxylic acids is 1. The highest BCUT2D eigenvalue weighted by molar-refractivity contribution is 6.36. The average Bonchev–Trinajstić information content (AvgIpc) is 3.17. The quantitative estimate of drug-likeness (QED) is 0.483. The van der Waals surface area contributed by atoms with Crippen molar-refractivity contribution in [2.75, 3.05) is 26.2 Å².